The Morgan fingerprint density at radius 3 is 0.617 bits per heavy atom. The molecule has 0 radical (unpaired) electrons. The lowest BCUT2D eigenvalue weighted by Gasteiger charge is -2.27. The van der Waals surface area contributed by atoms with Crippen molar-refractivity contribution in [1.82, 2.24) is 0 Å². The smallest absolute Gasteiger partial charge is 0.438 e. The molecular weight excluding hydrogens is 874 g/mol. The van der Waals surface area contributed by atoms with Crippen molar-refractivity contribution in [1.29, 1.82) is 0 Å². The highest BCUT2D eigenvalue weighted by Gasteiger charge is 2.47. The number of carbonyl (C=O) groups is 2. The van der Waals surface area contributed by atoms with Gasteiger partial charge in [-0.15, -0.1) is 0 Å². The van der Waals surface area contributed by atoms with E-state index in [9.17, 15) is 62.3 Å². The number of ketones is 2. The highest BCUT2D eigenvalue weighted by Crippen LogP contribution is 2.34. The molecular formula is C34H4B2F20O4. The van der Waals surface area contributed by atoms with Crippen LogP contribution < -0.4 is 21.9 Å². The lowest BCUT2D eigenvalue weighted by Crippen LogP contribution is -2.53. The summed E-state index contributed by atoms with van der Waals surface area (Å²) in [6.45, 7) is -7.56. The van der Waals surface area contributed by atoms with E-state index >= 15 is 35.1 Å². The molecule has 0 bridgehead atoms. The van der Waals surface area contributed by atoms with Crippen LogP contribution in [-0.2, 0) is 18.9 Å². The molecule has 0 amide bonds. The number of carbonyl (C=O) groups excluding carboxylic acids is 2. The van der Waals surface area contributed by atoms with Gasteiger partial charge < -0.3 is 9.31 Å². The third kappa shape index (κ3) is 6.38. The molecule has 2 aliphatic rings. The first-order valence-electron chi connectivity index (χ1n) is 15.3. The summed E-state index contributed by atoms with van der Waals surface area (Å²) in [6.07, 6.45) is 0.549. The summed E-state index contributed by atoms with van der Waals surface area (Å²) in [5.41, 5.74) is -13.3. The molecule has 0 spiro atoms. The Kier molecular flexibility index (Phi) is 11.0. The van der Waals surface area contributed by atoms with Crippen LogP contribution in [0.25, 0.3) is 0 Å². The monoisotopic (exact) mass is 878 g/mol. The number of allylic oxidation sites excluding steroid dienone is 6. The van der Waals surface area contributed by atoms with Crippen LogP contribution in [0.5, 0.6) is 0 Å². The van der Waals surface area contributed by atoms with Crippen molar-refractivity contribution in [2.45, 2.75) is 0 Å². The molecule has 0 fully saturated rings. The van der Waals surface area contributed by atoms with Crippen LogP contribution in [0.3, 0.4) is 0 Å². The van der Waals surface area contributed by atoms with Crippen molar-refractivity contribution in [3.8, 4) is 0 Å². The highest BCUT2D eigenvalue weighted by atomic mass is 19.2. The first-order valence-corrected chi connectivity index (χ1v) is 15.3. The van der Waals surface area contributed by atoms with Gasteiger partial charge in [-0.05, 0) is 24.3 Å². The molecule has 6 rings (SSSR count). The van der Waals surface area contributed by atoms with Gasteiger partial charge in [0, 0.05) is 21.9 Å². The Labute approximate surface area is 317 Å². The van der Waals surface area contributed by atoms with Gasteiger partial charge in [-0.25, -0.2) is 87.8 Å². The standard InChI is InChI=1S/C34H4B2F20O4/c37-15-11(16(38)24(46)31(53)23(15)45)35(12-17(39)25(47)32(54)26(48)18(12)40)59-7-3-1-5(57)9-8(4-2-6(58)10(7)9)60-36(13-19(41)27(49)33(55)28(50)20(13)42)14-21(43)29(51)34(56)30(52)22(14)44/h1-4H. The maximum absolute atomic E-state index is 15.2. The molecule has 60 heavy (non-hydrogen) atoms. The fourth-order valence-electron chi connectivity index (χ4n) is 5.75. The molecule has 0 saturated heterocycles. The number of rotatable bonds is 8. The van der Waals surface area contributed by atoms with Crippen LogP contribution >= 0.6 is 0 Å². The molecule has 2 aliphatic carbocycles. The molecule has 310 valence electrons. The summed E-state index contributed by atoms with van der Waals surface area (Å²) < 4.78 is 302. The fraction of sp³-hybridized carbons (Fsp3) is 0. The lowest BCUT2D eigenvalue weighted by atomic mass is 9.54. The summed E-state index contributed by atoms with van der Waals surface area (Å²) in [7, 11) is 0. The van der Waals surface area contributed by atoms with E-state index in [0.29, 0.717) is 0 Å². The molecule has 0 aliphatic heterocycles. The van der Waals surface area contributed by atoms with Gasteiger partial charge in [-0.1, -0.05) is 0 Å². The zero-order valence-electron chi connectivity index (χ0n) is 27.7. The van der Waals surface area contributed by atoms with E-state index in [4.69, 9.17) is 9.31 Å². The van der Waals surface area contributed by atoms with E-state index in [1.807, 2.05) is 0 Å². The van der Waals surface area contributed by atoms with Crippen molar-refractivity contribution >= 4 is 47.2 Å². The van der Waals surface area contributed by atoms with Crippen LogP contribution in [0.4, 0.5) is 87.8 Å². The van der Waals surface area contributed by atoms with Crippen LogP contribution in [0.1, 0.15) is 0 Å². The van der Waals surface area contributed by atoms with E-state index < -0.39 is 186 Å². The first kappa shape index (κ1) is 43.1. The van der Waals surface area contributed by atoms with Crippen molar-refractivity contribution in [3.05, 3.63) is 163 Å². The van der Waals surface area contributed by atoms with Gasteiger partial charge in [0.15, 0.2) is 128 Å². The number of benzene rings is 4. The summed E-state index contributed by atoms with van der Waals surface area (Å²) in [6, 6.07) is 0. The van der Waals surface area contributed by atoms with E-state index in [1.54, 1.807) is 0 Å². The van der Waals surface area contributed by atoms with Gasteiger partial charge in [0.1, 0.15) is 11.5 Å². The van der Waals surface area contributed by atoms with Gasteiger partial charge in [0.2, 0.25) is 0 Å². The summed E-state index contributed by atoms with van der Waals surface area (Å²) in [5, 5.41) is 0. The van der Waals surface area contributed by atoms with E-state index in [0.717, 1.165) is 0 Å². The predicted molar refractivity (Wildman–Crippen MR) is 159 cm³/mol. The lowest BCUT2D eigenvalue weighted by molar-refractivity contribution is -0.114. The van der Waals surface area contributed by atoms with Crippen molar-refractivity contribution in [2.24, 2.45) is 0 Å². The molecule has 0 atom stereocenters. The molecule has 0 heterocycles. The summed E-state index contributed by atoms with van der Waals surface area (Å²) >= 11 is 0. The number of fused-ring (bicyclic) bond motifs is 1. The average Bonchev–Trinajstić information content (AvgIpc) is 3.22. The Morgan fingerprint density at radius 1 is 0.267 bits per heavy atom. The van der Waals surface area contributed by atoms with Crippen LogP contribution in [0.15, 0.2) is 47.0 Å². The molecule has 0 N–H and O–H groups in total. The second kappa shape index (κ2) is 15.3. The fourth-order valence-corrected chi connectivity index (χ4v) is 5.75. The van der Waals surface area contributed by atoms with E-state index in [2.05, 4.69) is 0 Å². The average molecular weight is 878 g/mol. The maximum atomic E-state index is 15.2. The number of hydrogen-bond acceptors (Lipinski definition) is 4. The third-order valence-electron chi connectivity index (χ3n) is 8.52. The molecule has 4 aromatic carbocycles. The molecule has 0 saturated carbocycles. The van der Waals surface area contributed by atoms with Gasteiger partial charge in [-0.3, -0.25) is 9.59 Å². The molecule has 4 aromatic rings. The maximum Gasteiger partial charge on any atom is 0.438 e. The SMILES string of the molecule is O=C1C=CC(OB(c2c(F)c(F)c(F)c(F)c2F)c2c(F)c(F)c(F)c(F)c2F)=C2C(=O)C=CC(OB(c3c(F)c(F)c(F)c(F)c3F)c3c(F)c(F)c(F)c(F)c3F)=C12. The topological polar surface area (TPSA) is 52.6 Å². The largest absolute Gasteiger partial charge is 0.551 e. The Morgan fingerprint density at radius 2 is 0.433 bits per heavy atom. The minimum atomic E-state index is -3.78. The highest BCUT2D eigenvalue weighted by molar-refractivity contribution is 6.81. The van der Waals surface area contributed by atoms with Crippen molar-refractivity contribution < 1.29 is 107 Å². The Hall–Kier alpha value is -6.49. The second-order valence-electron chi connectivity index (χ2n) is 11.8. The van der Waals surface area contributed by atoms with E-state index in [1.165, 1.54) is 0 Å². The Bertz CT molecular complexity index is 2340. The van der Waals surface area contributed by atoms with Crippen LogP contribution in [0, 0.1) is 116 Å². The molecule has 0 aromatic heterocycles. The molecule has 0 unspecified atom stereocenters. The van der Waals surface area contributed by atoms with E-state index in [-0.39, 0.29) is 24.3 Å². The number of hydrogen-bond donors (Lipinski definition) is 0. The van der Waals surface area contributed by atoms with Crippen molar-refractivity contribution in [3.63, 3.8) is 0 Å². The first-order chi connectivity index (χ1) is 28.0. The van der Waals surface area contributed by atoms with Gasteiger partial charge in [0.05, 0.1) is 11.1 Å². The minimum Gasteiger partial charge on any atom is -0.551 e. The normalized spacial score (nSPS) is 13.8. The van der Waals surface area contributed by atoms with Gasteiger partial charge >= 0.3 is 13.8 Å². The minimum absolute atomic E-state index is 0.115. The Balaban J connectivity index is 1.66. The molecule has 26 heteroatoms. The summed E-state index contributed by atoms with van der Waals surface area (Å²) in [5.74, 6) is -66.3. The second-order valence-corrected chi connectivity index (χ2v) is 11.8. The molecule has 4 nitrogen and oxygen atoms in total. The summed E-state index contributed by atoms with van der Waals surface area (Å²) in [4.78, 5) is 26.4. The predicted octanol–water partition coefficient (Wildman–Crippen LogP) is 6.20. The van der Waals surface area contributed by atoms with Crippen LogP contribution in [-0.4, -0.2) is 25.4 Å². The third-order valence-corrected chi connectivity index (χ3v) is 8.52. The zero-order valence-corrected chi connectivity index (χ0v) is 27.7. The number of halogens is 20. The van der Waals surface area contributed by atoms with Crippen LogP contribution in [0.2, 0.25) is 0 Å². The van der Waals surface area contributed by atoms with Gasteiger partial charge in [-0.2, -0.15) is 0 Å². The quantitative estimate of drug-likeness (QED) is 0.0917. The van der Waals surface area contributed by atoms with Crippen molar-refractivity contribution in [2.75, 3.05) is 0 Å². The van der Waals surface area contributed by atoms with Gasteiger partial charge in [0.25, 0.3) is 0 Å². The zero-order chi connectivity index (χ0) is 44.7.